The Morgan fingerprint density at radius 3 is 2.52 bits per heavy atom. The molecule has 136 valence electrons. The van der Waals surface area contributed by atoms with Crippen LogP contribution in [0.2, 0.25) is 0 Å². The highest BCUT2D eigenvalue weighted by Crippen LogP contribution is 2.38. The third kappa shape index (κ3) is 3.61. The summed E-state index contributed by atoms with van der Waals surface area (Å²) in [6.45, 7) is 2.72. The number of para-hydroxylation sites is 1. The molecular weight excluding hydrogens is 312 g/mol. The van der Waals surface area contributed by atoms with Crippen LogP contribution in [-0.2, 0) is 9.53 Å². The van der Waals surface area contributed by atoms with Gasteiger partial charge in [0.1, 0.15) is 0 Å². The Kier molecular flexibility index (Phi) is 5.09. The number of carbonyl (C=O) groups excluding carboxylic acids is 1. The quantitative estimate of drug-likeness (QED) is 0.914. The van der Waals surface area contributed by atoms with Crippen molar-refractivity contribution in [2.75, 3.05) is 24.6 Å². The number of carbonyl (C=O) groups is 1. The molecule has 4 nitrogen and oxygen atoms in total. The molecule has 1 spiro atoms. The Hall–Kier alpha value is -1.39. The highest BCUT2D eigenvalue weighted by Gasteiger charge is 2.45. The lowest BCUT2D eigenvalue weighted by Gasteiger charge is -2.35. The van der Waals surface area contributed by atoms with Crippen molar-refractivity contribution in [3.05, 3.63) is 30.3 Å². The van der Waals surface area contributed by atoms with Gasteiger partial charge in [-0.2, -0.15) is 0 Å². The largest absolute Gasteiger partial charge is 0.373 e. The van der Waals surface area contributed by atoms with Crippen LogP contribution < -0.4 is 10.2 Å². The topological polar surface area (TPSA) is 41.6 Å². The molecule has 0 aromatic heterocycles. The van der Waals surface area contributed by atoms with Crippen LogP contribution in [0.5, 0.6) is 0 Å². The summed E-state index contributed by atoms with van der Waals surface area (Å²) in [7, 11) is 0. The van der Waals surface area contributed by atoms with Gasteiger partial charge in [0.2, 0.25) is 5.91 Å². The van der Waals surface area contributed by atoms with Gasteiger partial charge >= 0.3 is 0 Å². The molecule has 4 rings (SSSR count). The number of nitrogens with zero attached hydrogens (tertiary/aromatic N) is 1. The molecule has 0 radical (unpaired) electrons. The fraction of sp³-hybridized carbons (Fsp3) is 0.667. The fourth-order valence-electron chi connectivity index (χ4n) is 4.87. The number of amides is 1. The second kappa shape index (κ2) is 7.46. The molecule has 1 aliphatic carbocycles. The maximum atomic E-state index is 13.4. The van der Waals surface area contributed by atoms with E-state index in [1.165, 1.54) is 19.3 Å². The average Bonchev–Trinajstić information content (AvgIpc) is 3.07. The first-order valence-electron chi connectivity index (χ1n) is 10.0. The van der Waals surface area contributed by atoms with Crippen LogP contribution in [0.25, 0.3) is 0 Å². The molecule has 0 unspecified atom stereocenters. The number of hydrogen-bond donors (Lipinski definition) is 1. The van der Waals surface area contributed by atoms with Crippen LogP contribution in [0.4, 0.5) is 5.69 Å². The molecule has 4 heteroatoms. The molecule has 2 heterocycles. The van der Waals surface area contributed by atoms with Crippen LogP contribution in [0, 0.1) is 5.92 Å². The third-order valence-electron chi connectivity index (χ3n) is 6.30. The standard InChI is InChI=1S/C21H30N2O2/c24-20(17-7-3-1-4-8-17)23(18-9-5-2-6-10-18)19-15-21(25-16-19)11-13-22-14-12-21/h2,5-6,9-10,17,19,22H,1,3-4,7-8,11-16H2/t19-/m0/s1. The second-order valence-electron chi connectivity index (χ2n) is 7.98. The van der Waals surface area contributed by atoms with Gasteiger partial charge in [-0.15, -0.1) is 0 Å². The third-order valence-corrected chi connectivity index (χ3v) is 6.30. The van der Waals surface area contributed by atoms with E-state index in [-0.39, 0.29) is 17.6 Å². The lowest BCUT2D eigenvalue weighted by Crippen LogP contribution is -2.46. The highest BCUT2D eigenvalue weighted by atomic mass is 16.5. The highest BCUT2D eigenvalue weighted by molar-refractivity contribution is 5.95. The van der Waals surface area contributed by atoms with Crippen LogP contribution >= 0.6 is 0 Å². The summed E-state index contributed by atoms with van der Waals surface area (Å²) in [6, 6.07) is 10.4. The summed E-state index contributed by atoms with van der Waals surface area (Å²) in [5, 5.41) is 3.43. The van der Waals surface area contributed by atoms with Gasteiger partial charge in [-0.05, 0) is 57.3 Å². The van der Waals surface area contributed by atoms with E-state index in [0.717, 1.165) is 50.9 Å². The summed E-state index contributed by atoms with van der Waals surface area (Å²) in [6.07, 6.45) is 8.84. The molecule has 2 saturated heterocycles. The summed E-state index contributed by atoms with van der Waals surface area (Å²) in [4.78, 5) is 15.5. The molecule has 0 bridgehead atoms. The van der Waals surface area contributed by atoms with Gasteiger partial charge in [0.05, 0.1) is 18.2 Å². The minimum Gasteiger partial charge on any atom is -0.373 e. The lowest BCUT2D eigenvalue weighted by molar-refractivity contribution is -0.123. The van der Waals surface area contributed by atoms with Gasteiger partial charge in [0.15, 0.2) is 0 Å². The summed E-state index contributed by atoms with van der Waals surface area (Å²) in [5.41, 5.74) is 1.02. The number of anilines is 1. The molecule has 25 heavy (non-hydrogen) atoms. The van der Waals surface area contributed by atoms with E-state index in [2.05, 4.69) is 22.3 Å². The number of ether oxygens (including phenoxy) is 1. The molecule has 3 fully saturated rings. The van der Waals surface area contributed by atoms with Crippen molar-refractivity contribution in [3.63, 3.8) is 0 Å². The normalized spacial score (nSPS) is 26.6. The van der Waals surface area contributed by atoms with Crippen LogP contribution in [0.1, 0.15) is 51.4 Å². The molecule has 1 aromatic rings. The van der Waals surface area contributed by atoms with Crippen molar-refractivity contribution in [2.45, 2.75) is 63.0 Å². The van der Waals surface area contributed by atoms with Crippen LogP contribution in [-0.4, -0.2) is 37.2 Å². The van der Waals surface area contributed by atoms with Gasteiger partial charge in [0, 0.05) is 11.6 Å². The maximum Gasteiger partial charge on any atom is 0.230 e. The van der Waals surface area contributed by atoms with E-state index in [4.69, 9.17) is 4.74 Å². The van der Waals surface area contributed by atoms with E-state index in [1.54, 1.807) is 0 Å². The van der Waals surface area contributed by atoms with Gasteiger partial charge < -0.3 is 15.0 Å². The number of benzene rings is 1. The van der Waals surface area contributed by atoms with Crippen LogP contribution in [0.15, 0.2) is 30.3 Å². The number of nitrogens with one attached hydrogen (secondary N) is 1. The first-order chi connectivity index (χ1) is 12.3. The molecular formula is C21H30N2O2. The van der Waals surface area contributed by atoms with Crippen molar-refractivity contribution in [1.82, 2.24) is 5.32 Å². The molecule has 1 aromatic carbocycles. The molecule has 3 aliphatic rings. The monoisotopic (exact) mass is 342 g/mol. The van der Waals surface area contributed by atoms with E-state index in [9.17, 15) is 4.79 Å². The average molecular weight is 342 g/mol. The van der Waals surface area contributed by atoms with E-state index in [0.29, 0.717) is 12.5 Å². The predicted octanol–water partition coefficient (Wildman–Crippen LogP) is 3.51. The molecule has 1 saturated carbocycles. The molecule has 1 amide bonds. The van der Waals surface area contributed by atoms with Crippen molar-refractivity contribution >= 4 is 11.6 Å². The summed E-state index contributed by atoms with van der Waals surface area (Å²) in [5.74, 6) is 0.518. The smallest absolute Gasteiger partial charge is 0.230 e. The Morgan fingerprint density at radius 2 is 1.80 bits per heavy atom. The number of hydrogen-bond acceptors (Lipinski definition) is 3. The van der Waals surface area contributed by atoms with Gasteiger partial charge in [-0.3, -0.25) is 4.79 Å². The first-order valence-corrected chi connectivity index (χ1v) is 10.0. The Morgan fingerprint density at radius 1 is 1.08 bits per heavy atom. The minimum absolute atomic E-state index is 0.0181. The Balaban J connectivity index is 1.56. The number of piperidine rings is 1. The van der Waals surface area contributed by atoms with Crippen LogP contribution in [0.3, 0.4) is 0 Å². The Labute approximate surface area is 150 Å². The zero-order chi connectivity index (χ0) is 17.1. The van der Waals surface area contributed by atoms with Crippen molar-refractivity contribution in [2.24, 2.45) is 5.92 Å². The van der Waals surface area contributed by atoms with Gasteiger partial charge in [0.25, 0.3) is 0 Å². The predicted molar refractivity (Wildman–Crippen MR) is 99.7 cm³/mol. The Bertz CT molecular complexity index is 577. The van der Waals surface area contributed by atoms with Gasteiger partial charge in [-0.1, -0.05) is 37.5 Å². The number of rotatable bonds is 3. The molecule has 2 aliphatic heterocycles. The molecule has 1 N–H and O–H groups in total. The SMILES string of the molecule is O=C(C1CCCCC1)N(c1ccccc1)[C@@H]1COC2(CCNCC2)C1. The van der Waals surface area contributed by atoms with E-state index < -0.39 is 0 Å². The zero-order valence-electron chi connectivity index (χ0n) is 15.1. The van der Waals surface area contributed by atoms with Crippen molar-refractivity contribution in [1.29, 1.82) is 0 Å². The van der Waals surface area contributed by atoms with Crippen molar-refractivity contribution in [3.8, 4) is 0 Å². The lowest BCUT2D eigenvalue weighted by atomic mass is 9.85. The fourth-order valence-corrected chi connectivity index (χ4v) is 4.87. The minimum atomic E-state index is -0.0181. The first kappa shape index (κ1) is 17.0. The van der Waals surface area contributed by atoms with E-state index >= 15 is 0 Å². The van der Waals surface area contributed by atoms with Gasteiger partial charge in [-0.25, -0.2) is 0 Å². The van der Waals surface area contributed by atoms with Crippen molar-refractivity contribution < 1.29 is 9.53 Å². The van der Waals surface area contributed by atoms with E-state index in [1.807, 2.05) is 18.2 Å². The zero-order valence-corrected chi connectivity index (χ0v) is 15.1. The second-order valence-corrected chi connectivity index (χ2v) is 7.98. The summed E-state index contributed by atoms with van der Waals surface area (Å²) < 4.78 is 6.30. The summed E-state index contributed by atoms with van der Waals surface area (Å²) >= 11 is 0. The molecule has 1 atom stereocenters. The maximum absolute atomic E-state index is 13.4.